The van der Waals surface area contributed by atoms with E-state index in [9.17, 15) is 18.0 Å². The van der Waals surface area contributed by atoms with Crippen LogP contribution in [-0.2, 0) is 0 Å². The van der Waals surface area contributed by atoms with Gasteiger partial charge in [0.1, 0.15) is 5.82 Å². The summed E-state index contributed by atoms with van der Waals surface area (Å²) in [6.45, 7) is 3.93. The molecule has 2 aliphatic rings. The average Bonchev–Trinajstić information content (AvgIpc) is 2.81. The van der Waals surface area contributed by atoms with Crippen molar-refractivity contribution >= 4 is 5.97 Å². The lowest BCUT2D eigenvalue weighted by Crippen LogP contribution is -2.30. The number of halogens is 3. The molecule has 2 aromatic rings. The van der Waals surface area contributed by atoms with Crippen LogP contribution in [0.3, 0.4) is 0 Å². The van der Waals surface area contributed by atoms with Crippen LogP contribution >= 0.6 is 0 Å². The van der Waals surface area contributed by atoms with Crippen molar-refractivity contribution in [2.75, 3.05) is 7.11 Å². The number of fused-ring (bicyclic) bond motifs is 1. The number of esters is 1. The summed E-state index contributed by atoms with van der Waals surface area (Å²) in [6, 6.07) is 6.48. The van der Waals surface area contributed by atoms with Crippen molar-refractivity contribution in [2.24, 2.45) is 17.8 Å². The number of carbonyl (C=O) groups is 1. The van der Waals surface area contributed by atoms with E-state index in [0.717, 1.165) is 50.3 Å². The van der Waals surface area contributed by atoms with Crippen LogP contribution in [0, 0.1) is 35.2 Å². The zero-order chi connectivity index (χ0) is 22.8. The fourth-order valence-electron chi connectivity index (χ4n) is 5.32. The Balaban J connectivity index is 1.45. The first-order chi connectivity index (χ1) is 15.4. The van der Waals surface area contributed by atoms with Crippen LogP contribution < -0.4 is 9.47 Å². The van der Waals surface area contributed by atoms with Crippen molar-refractivity contribution in [3.8, 4) is 11.5 Å². The van der Waals surface area contributed by atoms with Gasteiger partial charge in [-0.1, -0.05) is 12.1 Å². The standard InChI is InChI=1S/C26H27F3O3/c1-3-15-4-5-17-13-18(7-6-16(17)12-15)20-9-8-19(14-21(20)27)26(30)32-23-11-10-22(31-2)24(28)25(23)29/h3,8-11,14-18H,1,4-7,12-13H2,2H3. The molecule has 0 heterocycles. The molecule has 4 unspecified atom stereocenters. The molecule has 0 aliphatic heterocycles. The number of methoxy groups -OCH3 is 1. The highest BCUT2D eigenvalue weighted by Gasteiger charge is 2.36. The number of hydrogen-bond acceptors (Lipinski definition) is 3. The van der Waals surface area contributed by atoms with Crippen molar-refractivity contribution in [2.45, 2.75) is 44.4 Å². The van der Waals surface area contributed by atoms with Crippen LogP contribution in [0.15, 0.2) is 43.0 Å². The van der Waals surface area contributed by atoms with E-state index < -0.39 is 29.2 Å². The van der Waals surface area contributed by atoms with E-state index in [1.165, 1.54) is 19.6 Å². The molecule has 0 aromatic heterocycles. The van der Waals surface area contributed by atoms with Gasteiger partial charge in [0.05, 0.1) is 12.7 Å². The maximum Gasteiger partial charge on any atom is 0.343 e. The minimum Gasteiger partial charge on any atom is -0.494 e. The summed E-state index contributed by atoms with van der Waals surface area (Å²) in [5.41, 5.74) is 0.551. The third-order valence-electron chi connectivity index (χ3n) is 7.10. The summed E-state index contributed by atoms with van der Waals surface area (Å²) < 4.78 is 52.5. The topological polar surface area (TPSA) is 35.5 Å². The van der Waals surface area contributed by atoms with Gasteiger partial charge in [-0.15, -0.1) is 6.58 Å². The first kappa shape index (κ1) is 22.4. The first-order valence-corrected chi connectivity index (χ1v) is 11.1. The van der Waals surface area contributed by atoms with E-state index in [1.54, 1.807) is 6.07 Å². The number of benzene rings is 2. The maximum atomic E-state index is 14.9. The van der Waals surface area contributed by atoms with Crippen molar-refractivity contribution in [3.05, 3.63) is 71.6 Å². The van der Waals surface area contributed by atoms with Crippen LogP contribution in [0.25, 0.3) is 0 Å². The van der Waals surface area contributed by atoms with Gasteiger partial charge in [-0.25, -0.2) is 9.18 Å². The molecular weight excluding hydrogens is 417 g/mol. The van der Waals surface area contributed by atoms with Crippen LogP contribution in [0.1, 0.15) is 60.4 Å². The highest BCUT2D eigenvalue weighted by atomic mass is 19.2. The summed E-state index contributed by atoms with van der Waals surface area (Å²) >= 11 is 0. The molecule has 4 rings (SSSR count). The van der Waals surface area contributed by atoms with Gasteiger partial charge < -0.3 is 9.47 Å². The first-order valence-electron chi connectivity index (χ1n) is 11.1. The fourth-order valence-corrected chi connectivity index (χ4v) is 5.32. The van der Waals surface area contributed by atoms with E-state index in [4.69, 9.17) is 9.47 Å². The quantitative estimate of drug-likeness (QED) is 0.288. The number of hydrogen-bond donors (Lipinski definition) is 0. The van der Waals surface area contributed by atoms with Crippen LogP contribution in [0.5, 0.6) is 11.5 Å². The smallest absolute Gasteiger partial charge is 0.343 e. The largest absolute Gasteiger partial charge is 0.494 e. The Bertz CT molecular complexity index is 1020. The van der Waals surface area contributed by atoms with Gasteiger partial charge in [-0.05, 0) is 92.0 Å². The average molecular weight is 444 g/mol. The summed E-state index contributed by atoms with van der Waals surface area (Å²) in [6.07, 6.45) is 8.47. The van der Waals surface area contributed by atoms with Gasteiger partial charge in [-0.2, -0.15) is 8.78 Å². The Morgan fingerprint density at radius 1 is 0.969 bits per heavy atom. The highest BCUT2D eigenvalue weighted by molar-refractivity contribution is 5.91. The van der Waals surface area contributed by atoms with Gasteiger partial charge in [-0.3, -0.25) is 0 Å². The molecule has 6 heteroatoms. The molecule has 3 nitrogen and oxygen atoms in total. The third-order valence-corrected chi connectivity index (χ3v) is 7.10. The lowest BCUT2D eigenvalue weighted by molar-refractivity contribution is 0.0725. The predicted molar refractivity (Wildman–Crippen MR) is 115 cm³/mol. The Labute approximate surface area is 186 Å². The molecule has 0 spiro atoms. The molecule has 32 heavy (non-hydrogen) atoms. The van der Waals surface area contributed by atoms with Crippen molar-refractivity contribution in [1.29, 1.82) is 0 Å². The number of carbonyl (C=O) groups excluding carboxylic acids is 1. The third kappa shape index (κ3) is 4.41. The Kier molecular flexibility index (Phi) is 6.58. The van der Waals surface area contributed by atoms with E-state index in [-0.39, 0.29) is 17.2 Å². The van der Waals surface area contributed by atoms with Crippen molar-refractivity contribution in [3.63, 3.8) is 0 Å². The molecule has 0 amide bonds. The van der Waals surface area contributed by atoms with Gasteiger partial charge in [0.2, 0.25) is 11.6 Å². The monoisotopic (exact) mass is 444 g/mol. The normalized spacial score (nSPS) is 25.0. The zero-order valence-electron chi connectivity index (χ0n) is 18.1. The SMILES string of the molecule is C=CC1CCC2CC(c3ccc(C(=O)Oc4ccc(OC)c(F)c4F)cc3F)CCC2C1. The second kappa shape index (κ2) is 9.39. The molecule has 0 radical (unpaired) electrons. The number of ether oxygens (including phenoxy) is 2. The van der Waals surface area contributed by atoms with Crippen molar-refractivity contribution in [1.82, 2.24) is 0 Å². The Morgan fingerprint density at radius 2 is 1.66 bits per heavy atom. The van der Waals surface area contributed by atoms with Crippen LogP contribution in [0.2, 0.25) is 0 Å². The van der Waals surface area contributed by atoms with Gasteiger partial charge in [0.15, 0.2) is 11.5 Å². The fraction of sp³-hybridized carbons (Fsp3) is 0.423. The zero-order valence-corrected chi connectivity index (χ0v) is 18.1. The minimum absolute atomic E-state index is 0.0537. The van der Waals surface area contributed by atoms with Crippen LogP contribution in [-0.4, -0.2) is 13.1 Å². The molecule has 2 fully saturated rings. The number of rotatable bonds is 5. The second-order valence-electron chi connectivity index (χ2n) is 8.86. The lowest BCUT2D eigenvalue weighted by atomic mass is 9.64. The summed E-state index contributed by atoms with van der Waals surface area (Å²) in [7, 11) is 1.20. The maximum absolute atomic E-state index is 14.9. The van der Waals surface area contributed by atoms with Gasteiger partial charge >= 0.3 is 5.97 Å². The highest BCUT2D eigenvalue weighted by Crippen LogP contribution is 2.48. The van der Waals surface area contributed by atoms with E-state index in [1.807, 2.05) is 0 Å². The second-order valence-corrected chi connectivity index (χ2v) is 8.86. The Morgan fingerprint density at radius 3 is 2.38 bits per heavy atom. The Hall–Kier alpha value is -2.76. The predicted octanol–water partition coefficient (Wildman–Crippen LogP) is 6.82. The summed E-state index contributed by atoms with van der Waals surface area (Å²) in [5.74, 6) is -2.89. The van der Waals surface area contributed by atoms with Gasteiger partial charge in [0, 0.05) is 0 Å². The minimum atomic E-state index is -1.34. The molecule has 2 saturated carbocycles. The lowest BCUT2D eigenvalue weighted by Gasteiger charge is -2.41. The molecule has 4 atom stereocenters. The molecule has 0 N–H and O–H groups in total. The number of allylic oxidation sites excluding steroid dienone is 1. The molecular formula is C26H27F3O3. The summed E-state index contributed by atoms with van der Waals surface area (Å²) in [5, 5.41) is 0. The molecule has 2 aromatic carbocycles. The summed E-state index contributed by atoms with van der Waals surface area (Å²) in [4.78, 5) is 12.4. The molecule has 0 saturated heterocycles. The van der Waals surface area contributed by atoms with E-state index >= 15 is 0 Å². The van der Waals surface area contributed by atoms with Crippen LogP contribution in [0.4, 0.5) is 13.2 Å². The molecule has 170 valence electrons. The van der Waals surface area contributed by atoms with Gasteiger partial charge in [0.25, 0.3) is 0 Å². The molecule has 2 aliphatic carbocycles. The molecule has 0 bridgehead atoms. The van der Waals surface area contributed by atoms with E-state index in [2.05, 4.69) is 12.7 Å². The van der Waals surface area contributed by atoms with Crippen molar-refractivity contribution < 1.29 is 27.4 Å². The van der Waals surface area contributed by atoms with E-state index in [0.29, 0.717) is 23.3 Å².